The normalized spacial score (nSPS) is 23.1. The zero-order valence-corrected chi connectivity index (χ0v) is 10.0. The average molecular weight is 224 g/mol. The molecule has 2 heterocycles. The number of nitrogens with zero attached hydrogens (tertiary/aromatic N) is 1. The Morgan fingerprint density at radius 2 is 2.47 bits per heavy atom. The van der Waals surface area contributed by atoms with Gasteiger partial charge in [-0.05, 0) is 49.7 Å². The molecule has 1 fully saturated rings. The maximum absolute atomic E-state index is 5.73. The van der Waals surface area contributed by atoms with Crippen LogP contribution in [0.2, 0.25) is 0 Å². The number of hydrogen-bond donors (Lipinski definition) is 1. The minimum Gasteiger partial charge on any atom is -0.330 e. The number of piperidine rings is 1. The van der Waals surface area contributed by atoms with E-state index < -0.39 is 0 Å². The molecule has 1 atom stereocenters. The Hall–Kier alpha value is -0.380. The van der Waals surface area contributed by atoms with Gasteiger partial charge in [0.1, 0.15) is 0 Å². The molecule has 1 aliphatic heterocycles. The van der Waals surface area contributed by atoms with Gasteiger partial charge in [0, 0.05) is 18.0 Å². The minimum atomic E-state index is 0.738. The zero-order chi connectivity index (χ0) is 10.5. The number of likely N-dealkylation sites (tertiary alicyclic amines) is 1. The van der Waals surface area contributed by atoms with Crippen molar-refractivity contribution in [2.45, 2.75) is 19.3 Å². The van der Waals surface area contributed by atoms with Crippen LogP contribution in [0.5, 0.6) is 0 Å². The third kappa shape index (κ3) is 3.30. The van der Waals surface area contributed by atoms with E-state index in [1.54, 1.807) is 0 Å². The summed E-state index contributed by atoms with van der Waals surface area (Å²) in [6, 6.07) is 4.37. The van der Waals surface area contributed by atoms with Gasteiger partial charge in [-0.1, -0.05) is 6.07 Å². The van der Waals surface area contributed by atoms with Gasteiger partial charge in [0.25, 0.3) is 0 Å². The van der Waals surface area contributed by atoms with E-state index in [0.717, 1.165) is 12.5 Å². The molecule has 0 amide bonds. The summed E-state index contributed by atoms with van der Waals surface area (Å²) >= 11 is 1.87. The predicted molar refractivity (Wildman–Crippen MR) is 66.2 cm³/mol. The highest BCUT2D eigenvalue weighted by atomic mass is 32.1. The van der Waals surface area contributed by atoms with Crippen molar-refractivity contribution in [3.05, 3.63) is 22.4 Å². The van der Waals surface area contributed by atoms with E-state index in [-0.39, 0.29) is 0 Å². The first kappa shape index (κ1) is 11.1. The van der Waals surface area contributed by atoms with Crippen molar-refractivity contribution in [1.82, 2.24) is 4.90 Å². The molecule has 0 spiro atoms. The van der Waals surface area contributed by atoms with Gasteiger partial charge in [0.2, 0.25) is 0 Å². The van der Waals surface area contributed by atoms with E-state index >= 15 is 0 Å². The Morgan fingerprint density at radius 3 is 3.20 bits per heavy atom. The molecule has 1 saturated heterocycles. The molecule has 1 aromatic rings. The van der Waals surface area contributed by atoms with Crippen molar-refractivity contribution in [3.63, 3.8) is 0 Å². The van der Waals surface area contributed by atoms with Gasteiger partial charge in [-0.2, -0.15) is 0 Å². The molecular weight excluding hydrogens is 204 g/mol. The summed E-state index contributed by atoms with van der Waals surface area (Å²) in [5, 5.41) is 2.16. The highest BCUT2D eigenvalue weighted by Gasteiger charge is 2.17. The summed E-state index contributed by atoms with van der Waals surface area (Å²) in [7, 11) is 0. The fourth-order valence-electron chi connectivity index (χ4n) is 2.27. The van der Waals surface area contributed by atoms with Crippen LogP contribution in [0.1, 0.15) is 17.7 Å². The van der Waals surface area contributed by atoms with Crippen molar-refractivity contribution in [1.29, 1.82) is 0 Å². The topological polar surface area (TPSA) is 29.3 Å². The van der Waals surface area contributed by atoms with Crippen molar-refractivity contribution in [3.8, 4) is 0 Å². The Balaban J connectivity index is 1.74. The van der Waals surface area contributed by atoms with Crippen LogP contribution in [0.25, 0.3) is 0 Å². The second kappa shape index (κ2) is 5.64. The molecule has 3 heteroatoms. The highest BCUT2D eigenvalue weighted by Crippen LogP contribution is 2.16. The van der Waals surface area contributed by atoms with Crippen molar-refractivity contribution >= 4 is 11.3 Å². The molecule has 1 unspecified atom stereocenters. The maximum atomic E-state index is 5.73. The summed E-state index contributed by atoms with van der Waals surface area (Å²) in [6.45, 7) is 4.54. The molecule has 0 bridgehead atoms. The third-order valence-corrected chi connectivity index (χ3v) is 4.13. The highest BCUT2D eigenvalue weighted by molar-refractivity contribution is 7.09. The predicted octanol–water partition coefficient (Wildman–Crippen LogP) is 1.96. The van der Waals surface area contributed by atoms with Crippen LogP contribution in [-0.4, -0.2) is 31.1 Å². The molecule has 0 aromatic carbocycles. The monoisotopic (exact) mass is 224 g/mol. The van der Waals surface area contributed by atoms with Crippen LogP contribution >= 0.6 is 11.3 Å². The number of nitrogens with two attached hydrogens (primary N) is 1. The lowest BCUT2D eigenvalue weighted by molar-refractivity contribution is 0.180. The van der Waals surface area contributed by atoms with E-state index in [1.165, 1.54) is 43.8 Å². The van der Waals surface area contributed by atoms with E-state index in [0.29, 0.717) is 0 Å². The van der Waals surface area contributed by atoms with Gasteiger partial charge in [-0.15, -0.1) is 11.3 Å². The largest absolute Gasteiger partial charge is 0.330 e. The van der Waals surface area contributed by atoms with Crippen LogP contribution < -0.4 is 5.73 Å². The SMILES string of the molecule is NCC1CCCN(CCc2cccs2)C1. The van der Waals surface area contributed by atoms with Crippen LogP contribution in [-0.2, 0) is 6.42 Å². The van der Waals surface area contributed by atoms with Crippen molar-refractivity contribution < 1.29 is 0 Å². The van der Waals surface area contributed by atoms with E-state index in [1.807, 2.05) is 11.3 Å². The van der Waals surface area contributed by atoms with Crippen LogP contribution in [0.3, 0.4) is 0 Å². The molecule has 1 aliphatic rings. The van der Waals surface area contributed by atoms with Crippen LogP contribution in [0.4, 0.5) is 0 Å². The molecule has 2 rings (SSSR count). The Morgan fingerprint density at radius 1 is 1.53 bits per heavy atom. The Bertz CT molecular complexity index is 271. The lowest BCUT2D eigenvalue weighted by Gasteiger charge is -2.31. The lowest BCUT2D eigenvalue weighted by atomic mass is 9.98. The van der Waals surface area contributed by atoms with Gasteiger partial charge in [0.05, 0.1) is 0 Å². The summed E-state index contributed by atoms with van der Waals surface area (Å²) in [4.78, 5) is 4.07. The standard InChI is InChI=1S/C12H20N2S/c13-9-11-3-1-6-14(10-11)7-5-12-4-2-8-15-12/h2,4,8,11H,1,3,5-7,9-10,13H2. The van der Waals surface area contributed by atoms with Gasteiger partial charge in [-0.25, -0.2) is 0 Å². The first-order valence-electron chi connectivity index (χ1n) is 5.83. The Kier molecular flexibility index (Phi) is 4.18. The van der Waals surface area contributed by atoms with Gasteiger partial charge in [-0.3, -0.25) is 0 Å². The molecule has 2 nitrogen and oxygen atoms in total. The van der Waals surface area contributed by atoms with Crippen LogP contribution in [0.15, 0.2) is 17.5 Å². The molecular formula is C12H20N2S. The fourth-order valence-corrected chi connectivity index (χ4v) is 2.97. The molecule has 0 saturated carbocycles. The van der Waals surface area contributed by atoms with Gasteiger partial charge in [0.15, 0.2) is 0 Å². The molecule has 15 heavy (non-hydrogen) atoms. The summed E-state index contributed by atoms with van der Waals surface area (Å²) < 4.78 is 0. The second-order valence-electron chi connectivity index (χ2n) is 4.37. The number of thiophene rings is 1. The first-order chi connectivity index (χ1) is 7.38. The molecule has 0 radical (unpaired) electrons. The molecule has 2 N–H and O–H groups in total. The minimum absolute atomic E-state index is 0.738. The zero-order valence-electron chi connectivity index (χ0n) is 9.19. The van der Waals surface area contributed by atoms with E-state index in [2.05, 4.69) is 22.4 Å². The molecule has 84 valence electrons. The average Bonchev–Trinajstić information content (AvgIpc) is 2.79. The number of rotatable bonds is 4. The van der Waals surface area contributed by atoms with Crippen molar-refractivity contribution in [2.75, 3.05) is 26.2 Å². The third-order valence-electron chi connectivity index (χ3n) is 3.19. The van der Waals surface area contributed by atoms with E-state index in [4.69, 9.17) is 5.73 Å². The summed E-state index contributed by atoms with van der Waals surface area (Å²) in [5.74, 6) is 0.738. The number of hydrogen-bond acceptors (Lipinski definition) is 3. The molecule has 1 aromatic heterocycles. The molecule has 0 aliphatic carbocycles. The summed E-state index contributed by atoms with van der Waals surface area (Å²) in [5.41, 5.74) is 5.73. The summed E-state index contributed by atoms with van der Waals surface area (Å²) in [6.07, 6.45) is 3.85. The quantitative estimate of drug-likeness (QED) is 0.847. The fraction of sp³-hybridized carbons (Fsp3) is 0.667. The smallest absolute Gasteiger partial charge is 0.00579 e. The first-order valence-corrected chi connectivity index (χ1v) is 6.71. The van der Waals surface area contributed by atoms with Gasteiger partial charge < -0.3 is 10.6 Å². The Labute approximate surface area is 96.1 Å². The maximum Gasteiger partial charge on any atom is 0.00579 e. The van der Waals surface area contributed by atoms with Gasteiger partial charge >= 0.3 is 0 Å². The second-order valence-corrected chi connectivity index (χ2v) is 5.41. The lowest BCUT2D eigenvalue weighted by Crippen LogP contribution is -2.39. The van der Waals surface area contributed by atoms with E-state index in [9.17, 15) is 0 Å². The van der Waals surface area contributed by atoms with Crippen molar-refractivity contribution in [2.24, 2.45) is 11.7 Å². The van der Waals surface area contributed by atoms with Crippen LogP contribution in [0, 0.1) is 5.92 Å².